The van der Waals surface area contributed by atoms with Crippen LogP contribution in [0.3, 0.4) is 0 Å². The van der Waals surface area contributed by atoms with E-state index in [0.717, 1.165) is 6.07 Å². The minimum atomic E-state index is -4.65. The Morgan fingerprint density at radius 3 is 2.44 bits per heavy atom. The number of methoxy groups -OCH3 is 1. The lowest BCUT2D eigenvalue weighted by Crippen LogP contribution is -2.10. The molecule has 0 radical (unpaired) electrons. The zero-order valence-electron chi connectivity index (χ0n) is 8.30. The molecule has 0 saturated heterocycles. The maximum atomic E-state index is 12.6. The first-order valence-corrected chi connectivity index (χ1v) is 4.23. The van der Waals surface area contributed by atoms with Crippen molar-refractivity contribution in [3.05, 3.63) is 28.8 Å². The van der Waals surface area contributed by atoms with E-state index in [1.807, 2.05) is 0 Å². The van der Waals surface area contributed by atoms with Crippen molar-refractivity contribution in [1.29, 1.82) is 5.26 Å². The molecule has 16 heavy (non-hydrogen) atoms. The number of aliphatic hydroxyl groups excluding tert-OH is 1. The number of nitrogens with zero attached hydrogens (tertiary/aromatic N) is 1. The smallest absolute Gasteiger partial charge is 0.417 e. The number of hydrogen-bond acceptors (Lipinski definition) is 3. The highest BCUT2D eigenvalue weighted by molar-refractivity contribution is 5.50. The number of ether oxygens (including phenoxy) is 1. The average molecular weight is 231 g/mol. The number of halogens is 3. The van der Waals surface area contributed by atoms with E-state index in [1.54, 1.807) is 0 Å². The van der Waals surface area contributed by atoms with Gasteiger partial charge in [0.25, 0.3) is 0 Å². The summed E-state index contributed by atoms with van der Waals surface area (Å²) >= 11 is 0. The Kier molecular flexibility index (Phi) is 3.40. The van der Waals surface area contributed by atoms with Crippen LogP contribution >= 0.6 is 0 Å². The molecule has 0 amide bonds. The van der Waals surface area contributed by atoms with E-state index >= 15 is 0 Å². The lowest BCUT2D eigenvalue weighted by molar-refractivity contribution is -0.137. The first-order chi connectivity index (χ1) is 7.43. The van der Waals surface area contributed by atoms with Crippen LogP contribution in [-0.2, 0) is 12.8 Å². The predicted octanol–water partition coefficient (Wildman–Crippen LogP) is 2.08. The van der Waals surface area contributed by atoms with E-state index in [1.165, 1.54) is 19.2 Å². The second-order valence-corrected chi connectivity index (χ2v) is 2.98. The van der Waals surface area contributed by atoms with Crippen LogP contribution in [0.4, 0.5) is 13.2 Å². The van der Waals surface area contributed by atoms with Crippen molar-refractivity contribution in [2.24, 2.45) is 0 Å². The molecule has 0 saturated carbocycles. The quantitative estimate of drug-likeness (QED) is 0.847. The van der Waals surface area contributed by atoms with Crippen molar-refractivity contribution in [2.45, 2.75) is 12.8 Å². The number of alkyl halides is 3. The first-order valence-electron chi connectivity index (χ1n) is 4.23. The lowest BCUT2D eigenvalue weighted by atomic mass is 10.0. The summed E-state index contributed by atoms with van der Waals surface area (Å²) in [5, 5.41) is 17.5. The fraction of sp³-hybridized carbons (Fsp3) is 0.300. The molecule has 0 fully saturated rings. The summed E-state index contributed by atoms with van der Waals surface area (Å²) in [4.78, 5) is 0. The van der Waals surface area contributed by atoms with Crippen molar-refractivity contribution in [2.75, 3.05) is 7.11 Å². The van der Waals surface area contributed by atoms with E-state index in [4.69, 9.17) is 10.4 Å². The van der Waals surface area contributed by atoms with Crippen LogP contribution < -0.4 is 4.74 Å². The maximum Gasteiger partial charge on any atom is 0.417 e. The summed E-state index contributed by atoms with van der Waals surface area (Å²) in [7, 11) is 1.21. The van der Waals surface area contributed by atoms with Crippen molar-refractivity contribution in [1.82, 2.24) is 0 Å². The van der Waals surface area contributed by atoms with Gasteiger partial charge in [0.1, 0.15) is 11.8 Å². The van der Waals surface area contributed by atoms with Gasteiger partial charge in [0, 0.05) is 0 Å². The SMILES string of the molecule is COc1cc(CO)c(C#N)c(C(F)(F)F)c1. The van der Waals surface area contributed by atoms with Gasteiger partial charge >= 0.3 is 6.18 Å². The Hall–Kier alpha value is -1.74. The van der Waals surface area contributed by atoms with Crippen LogP contribution in [-0.4, -0.2) is 12.2 Å². The third-order valence-electron chi connectivity index (χ3n) is 2.02. The largest absolute Gasteiger partial charge is 0.497 e. The van der Waals surface area contributed by atoms with Gasteiger partial charge in [-0.3, -0.25) is 0 Å². The Morgan fingerprint density at radius 2 is 2.06 bits per heavy atom. The van der Waals surface area contributed by atoms with Crippen LogP contribution in [0, 0.1) is 11.3 Å². The van der Waals surface area contributed by atoms with Crippen LogP contribution in [0.5, 0.6) is 5.75 Å². The molecule has 0 aliphatic carbocycles. The summed E-state index contributed by atoms with van der Waals surface area (Å²) in [6.45, 7) is -0.650. The second-order valence-electron chi connectivity index (χ2n) is 2.98. The molecule has 1 rings (SSSR count). The Morgan fingerprint density at radius 1 is 1.44 bits per heavy atom. The molecule has 0 aliphatic rings. The predicted molar refractivity (Wildman–Crippen MR) is 48.6 cm³/mol. The fourth-order valence-electron chi connectivity index (χ4n) is 1.27. The van der Waals surface area contributed by atoms with Crippen LogP contribution in [0.1, 0.15) is 16.7 Å². The standard InChI is InChI=1S/C10H8F3NO2/c1-16-7-2-6(5-15)8(4-14)9(3-7)10(11,12)13/h2-3,15H,5H2,1H3. The van der Waals surface area contributed by atoms with Gasteiger partial charge in [-0.25, -0.2) is 0 Å². The maximum absolute atomic E-state index is 12.6. The molecule has 0 aliphatic heterocycles. The molecule has 0 atom stereocenters. The summed E-state index contributed by atoms with van der Waals surface area (Å²) < 4.78 is 42.4. The Bertz CT molecular complexity index is 435. The molecule has 86 valence electrons. The summed E-state index contributed by atoms with van der Waals surface area (Å²) in [6.07, 6.45) is -4.65. The van der Waals surface area contributed by atoms with E-state index in [9.17, 15) is 13.2 Å². The van der Waals surface area contributed by atoms with Crippen LogP contribution in [0.2, 0.25) is 0 Å². The van der Waals surface area contributed by atoms with Crippen molar-refractivity contribution in [3.8, 4) is 11.8 Å². The number of aliphatic hydroxyl groups is 1. The normalized spacial score (nSPS) is 11.0. The number of benzene rings is 1. The molecular weight excluding hydrogens is 223 g/mol. The summed E-state index contributed by atoms with van der Waals surface area (Å²) in [5.41, 5.74) is -1.77. The number of nitriles is 1. The van der Waals surface area contributed by atoms with Crippen molar-refractivity contribution >= 4 is 0 Å². The molecule has 0 bridgehead atoms. The van der Waals surface area contributed by atoms with Gasteiger partial charge in [-0.2, -0.15) is 18.4 Å². The molecule has 3 nitrogen and oxygen atoms in total. The van der Waals surface area contributed by atoms with E-state index in [0.29, 0.717) is 0 Å². The minimum Gasteiger partial charge on any atom is -0.497 e. The zero-order chi connectivity index (χ0) is 12.3. The van der Waals surface area contributed by atoms with E-state index in [-0.39, 0.29) is 11.3 Å². The van der Waals surface area contributed by atoms with Crippen molar-refractivity contribution in [3.63, 3.8) is 0 Å². The van der Waals surface area contributed by atoms with Gasteiger partial charge in [0.2, 0.25) is 0 Å². The number of hydrogen-bond donors (Lipinski definition) is 1. The third-order valence-corrected chi connectivity index (χ3v) is 2.02. The molecule has 0 aromatic heterocycles. The van der Waals surface area contributed by atoms with E-state index < -0.39 is 23.9 Å². The molecule has 0 unspecified atom stereocenters. The first kappa shape index (κ1) is 12.3. The average Bonchev–Trinajstić information content (AvgIpc) is 2.25. The van der Waals surface area contributed by atoms with Crippen LogP contribution in [0.25, 0.3) is 0 Å². The third kappa shape index (κ3) is 2.25. The highest BCUT2D eigenvalue weighted by Crippen LogP contribution is 2.35. The summed E-state index contributed by atoms with van der Waals surface area (Å²) in [5.74, 6) is -0.0459. The molecule has 1 aromatic rings. The van der Waals surface area contributed by atoms with Gasteiger partial charge in [0.15, 0.2) is 0 Å². The van der Waals surface area contributed by atoms with E-state index in [2.05, 4.69) is 4.74 Å². The Labute approximate surface area is 89.7 Å². The lowest BCUT2D eigenvalue weighted by Gasteiger charge is -2.13. The number of rotatable bonds is 2. The highest BCUT2D eigenvalue weighted by Gasteiger charge is 2.35. The van der Waals surface area contributed by atoms with Crippen LogP contribution in [0.15, 0.2) is 12.1 Å². The van der Waals surface area contributed by atoms with Gasteiger partial charge in [-0.05, 0) is 17.7 Å². The molecule has 0 heterocycles. The summed E-state index contributed by atoms with van der Waals surface area (Å²) in [6, 6.07) is 3.37. The van der Waals surface area contributed by atoms with Gasteiger partial charge < -0.3 is 9.84 Å². The monoisotopic (exact) mass is 231 g/mol. The fourth-order valence-corrected chi connectivity index (χ4v) is 1.27. The van der Waals surface area contributed by atoms with Gasteiger partial charge in [-0.1, -0.05) is 0 Å². The zero-order valence-corrected chi connectivity index (χ0v) is 8.30. The molecule has 1 aromatic carbocycles. The molecule has 6 heteroatoms. The topological polar surface area (TPSA) is 53.2 Å². The molecular formula is C10H8F3NO2. The Balaban J connectivity index is 3.51. The highest BCUT2D eigenvalue weighted by atomic mass is 19.4. The minimum absolute atomic E-state index is 0.0459. The van der Waals surface area contributed by atoms with Gasteiger partial charge in [-0.15, -0.1) is 0 Å². The second kappa shape index (κ2) is 4.41. The molecule has 0 spiro atoms. The molecule has 1 N–H and O–H groups in total. The van der Waals surface area contributed by atoms with Gasteiger partial charge in [0.05, 0.1) is 24.8 Å². The van der Waals surface area contributed by atoms with Crippen molar-refractivity contribution < 1.29 is 23.0 Å².